The minimum Gasteiger partial charge on any atom is -0.405 e. The molecule has 0 spiro atoms. The topological polar surface area (TPSA) is 53.5 Å². The molecule has 0 unspecified atom stereocenters. The smallest absolute Gasteiger partial charge is 0.405 e. The summed E-state index contributed by atoms with van der Waals surface area (Å²) in [6.07, 6.45) is 6.85. The van der Waals surface area contributed by atoms with Gasteiger partial charge in [-0.15, -0.1) is 0 Å². The second-order valence-electron chi connectivity index (χ2n) is 8.99. The van der Waals surface area contributed by atoms with Gasteiger partial charge in [-0.3, -0.25) is 0 Å². The van der Waals surface area contributed by atoms with Gasteiger partial charge in [-0.05, 0) is 66.6 Å². The van der Waals surface area contributed by atoms with Crippen molar-refractivity contribution in [1.82, 2.24) is 9.97 Å². The molecule has 1 aromatic rings. The lowest BCUT2D eigenvalue weighted by Crippen LogP contribution is -2.47. The van der Waals surface area contributed by atoms with Crippen LogP contribution in [0.1, 0.15) is 52.8 Å². The highest BCUT2D eigenvalue weighted by atomic mass is 28.4. The maximum atomic E-state index is 6.43. The first-order valence-corrected chi connectivity index (χ1v) is 12.2. The van der Waals surface area contributed by atoms with E-state index in [1.54, 1.807) is 0 Å². The Hall–Kier alpha value is -0.758. The highest BCUT2D eigenvalue weighted by Crippen LogP contribution is 2.45. The Morgan fingerprint density at radius 1 is 1.00 bits per heavy atom. The summed E-state index contributed by atoms with van der Waals surface area (Å²) in [5, 5.41) is 0. The Morgan fingerprint density at radius 2 is 1.50 bits per heavy atom. The van der Waals surface area contributed by atoms with E-state index in [4.69, 9.17) is 13.7 Å². The summed E-state index contributed by atoms with van der Waals surface area (Å²) in [5.41, 5.74) is -0.127. The van der Waals surface area contributed by atoms with E-state index < -0.39 is 15.4 Å². The van der Waals surface area contributed by atoms with Gasteiger partial charge in [0.1, 0.15) is 5.60 Å². The summed E-state index contributed by atoms with van der Waals surface area (Å²) < 4.78 is 18.6. The Labute approximate surface area is 146 Å². The van der Waals surface area contributed by atoms with Crippen molar-refractivity contribution in [2.75, 3.05) is 0 Å². The molecule has 1 aromatic heterocycles. The first-order chi connectivity index (χ1) is 10.9. The lowest BCUT2D eigenvalue weighted by Gasteiger charge is -2.44. The average Bonchev–Trinajstić information content (AvgIpc) is 2.62. The van der Waals surface area contributed by atoms with E-state index >= 15 is 0 Å². The van der Waals surface area contributed by atoms with Gasteiger partial charge in [0.15, 0.2) is 14.1 Å². The number of aromatic nitrogens is 2. The third-order valence-corrected chi connectivity index (χ3v) is 6.27. The predicted octanol–water partition coefficient (Wildman–Crippen LogP) is 3.01. The van der Waals surface area contributed by atoms with Crippen LogP contribution < -0.4 is 5.46 Å². The molecule has 7 heteroatoms. The summed E-state index contributed by atoms with van der Waals surface area (Å²) in [7, 11) is -2.07. The van der Waals surface area contributed by atoms with E-state index in [2.05, 4.69) is 29.6 Å². The number of nitrogens with zero attached hydrogens (tertiary/aromatic N) is 2. The van der Waals surface area contributed by atoms with Gasteiger partial charge in [-0.2, -0.15) is 0 Å². The molecule has 1 saturated heterocycles. The van der Waals surface area contributed by atoms with Gasteiger partial charge in [0, 0.05) is 17.9 Å². The quantitative estimate of drug-likeness (QED) is 0.783. The van der Waals surface area contributed by atoms with Crippen LogP contribution in [0.4, 0.5) is 0 Å². The molecule has 5 nitrogen and oxygen atoms in total. The summed E-state index contributed by atoms with van der Waals surface area (Å²) in [6, 6.07) is 0. The van der Waals surface area contributed by atoms with Crippen LogP contribution >= 0.6 is 0 Å². The molecule has 0 N–H and O–H groups in total. The predicted molar refractivity (Wildman–Crippen MR) is 97.7 cm³/mol. The van der Waals surface area contributed by atoms with Crippen molar-refractivity contribution in [2.45, 2.75) is 83.4 Å². The molecule has 2 aliphatic rings. The second kappa shape index (κ2) is 5.62. The van der Waals surface area contributed by atoms with Gasteiger partial charge >= 0.3 is 7.12 Å². The molecule has 1 aliphatic carbocycles. The third-order valence-electron chi connectivity index (χ3n) is 5.27. The SMILES string of the molecule is CC1(C)OB(c2cnc(C3(O[Si](C)(C)C)CCC3)nc2)OC1(C)C. The normalized spacial score (nSPS) is 24.7. The van der Waals surface area contributed by atoms with Crippen LogP contribution in [-0.4, -0.2) is 36.6 Å². The van der Waals surface area contributed by atoms with Crippen molar-refractivity contribution in [3.05, 3.63) is 18.2 Å². The highest BCUT2D eigenvalue weighted by molar-refractivity contribution is 6.69. The van der Waals surface area contributed by atoms with E-state index in [1.807, 2.05) is 40.1 Å². The molecule has 0 atom stereocenters. The molecule has 2 fully saturated rings. The molecule has 24 heavy (non-hydrogen) atoms. The molecule has 1 aliphatic heterocycles. The van der Waals surface area contributed by atoms with E-state index in [-0.39, 0.29) is 16.8 Å². The zero-order valence-electron chi connectivity index (χ0n) is 16.0. The largest absolute Gasteiger partial charge is 0.498 e. The van der Waals surface area contributed by atoms with Gasteiger partial charge in [-0.25, -0.2) is 9.97 Å². The third kappa shape index (κ3) is 3.19. The average molecular weight is 348 g/mol. The number of hydrogen-bond donors (Lipinski definition) is 0. The first kappa shape index (κ1) is 18.0. The molecule has 0 radical (unpaired) electrons. The van der Waals surface area contributed by atoms with Crippen molar-refractivity contribution >= 4 is 20.9 Å². The second-order valence-corrected chi connectivity index (χ2v) is 13.4. The fourth-order valence-corrected chi connectivity index (χ4v) is 4.60. The van der Waals surface area contributed by atoms with Gasteiger partial charge in [-0.1, -0.05) is 0 Å². The van der Waals surface area contributed by atoms with Gasteiger partial charge in [0.25, 0.3) is 0 Å². The van der Waals surface area contributed by atoms with Crippen molar-refractivity contribution < 1.29 is 13.7 Å². The lowest BCUT2D eigenvalue weighted by atomic mass is 9.78. The molecule has 0 bridgehead atoms. The van der Waals surface area contributed by atoms with Crippen LogP contribution in [0.5, 0.6) is 0 Å². The Bertz CT molecular complexity index is 593. The summed E-state index contributed by atoms with van der Waals surface area (Å²) in [5.74, 6) is 0.802. The van der Waals surface area contributed by atoms with Crippen LogP contribution in [0, 0.1) is 0 Å². The van der Waals surface area contributed by atoms with Gasteiger partial charge < -0.3 is 13.7 Å². The standard InChI is InChI=1S/C17H29BN2O3Si/c1-15(2)16(3,4)22-18(21-15)13-11-19-14(20-12-13)17(9-8-10-17)23-24(5,6)7/h11-12H,8-10H2,1-7H3. The first-order valence-electron chi connectivity index (χ1n) is 8.82. The van der Waals surface area contributed by atoms with Crippen molar-refractivity contribution in [2.24, 2.45) is 0 Å². The molecule has 132 valence electrons. The summed E-state index contributed by atoms with van der Waals surface area (Å²) >= 11 is 0. The summed E-state index contributed by atoms with van der Waals surface area (Å²) in [6.45, 7) is 14.8. The maximum absolute atomic E-state index is 6.43. The molecule has 3 rings (SSSR count). The molecule has 0 amide bonds. The highest BCUT2D eigenvalue weighted by Gasteiger charge is 2.52. The summed E-state index contributed by atoms with van der Waals surface area (Å²) in [4.78, 5) is 9.25. The Balaban J connectivity index is 1.79. The van der Waals surface area contributed by atoms with Crippen LogP contribution in [-0.2, 0) is 19.3 Å². The van der Waals surface area contributed by atoms with Crippen molar-refractivity contribution in [1.29, 1.82) is 0 Å². The van der Waals surface area contributed by atoms with Crippen LogP contribution in [0.3, 0.4) is 0 Å². The van der Waals surface area contributed by atoms with Crippen LogP contribution in [0.25, 0.3) is 0 Å². The van der Waals surface area contributed by atoms with Crippen molar-refractivity contribution in [3.8, 4) is 0 Å². The van der Waals surface area contributed by atoms with E-state index in [1.165, 1.54) is 6.42 Å². The van der Waals surface area contributed by atoms with E-state index in [9.17, 15) is 0 Å². The fourth-order valence-electron chi connectivity index (χ4n) is 3.13. The minimum absolute atomic E-state index is 0.279. The van der Waals surface area contributed by atoms with Gasteiger partial charge in [0.05, 0.1) is 11.2 Å². The zero-order chi connectivity index (χ0) is 17.8. The lowest BCUT2D eigenvalue weighted by molar-refractivity contribution is -0.0281. The maximum Gasteiger partial charge on any atom is 0.498 e. The van der Waals surface area contributed by atoms with Crippen molar-refractivity contribution in [3.63, 3.8) is 0 Å². The monoisotopic (exact) mass is 348 g/mol. The Morgan fingerprint density at radius 3 is 1.88 bits per heavy atom. The number of rotatable bonds is 4. The molecular formula is C17H29BN2O3Si. The molecule has 1 saturated carbocycles. The molecular weight excluding hydrogens is 319 g/mol. The Kier molecular flexibility index (Phi) is 4.23. The van der Waals surface area contributed by atoms with E-state index in [0.29, 0.717) is 0 Å². The molecule has 0 aromatic carbocycles. The fraction of sp³-hybridized carbons (Fsp3) is 0.765. The minimum atomic E-state index is -1.65. The van der Waals surface area contributed by atoms with Gasteiger partial charge in [0.2, 0.25) is 0 Å². The van der Waals surface area contributed by atoms with Crippen LogP contribution in [0.15, 0.2) is 12.4 Å². The number of hydrogen-bond acceptors (Lipinski definition) is 5. The van der Waals surface area contributed by atoms with Crippen LogP contribution in [0.2, 0.25) is 19.6 Å². The zero-order valence-corrected chi connectivity index (χ0v) is 17.0. The van der Waals surface area contributed by atoms with E-state index in [0.717, 1.165) is 24.1 Å². The molecule has 2 heterocycles.